The molecule has 1 saturated heterocycles. The molecule has 3 aromatic heterocycles. The van der Waals surface area contributed by atoms with E-state index in [1.807, 2.05) is 38.4 Å². The van der Waals surface area contributed by atoms with Crippen LogP contribution in [0.4, 0.5) is 0 Å². The van der Waals surface area contributed by atoms with Gasteiger partial charge in [-0.3, -0.25) is 4.90 Å². The molecule has 1 aliphatic rings. The smallest absolute Gasteiger partial charge is 0.338 e. The van der Waals surface area contributed by atoms with Crippen LogP contribution in [0.5, 0.6) is 0 Å². The SMILES string of the molecule is Cc1c(C(=O)OC(C)C)cc2cc(-c3nccs3)cn2c1C(C)N1CCOCC1. The van der Waals surface area contributed by atoms with Gasteiger partial charge >= 0.3 is 5.97 Å². The van der Waals surface area contributed by atoms with E-state index in [2.05, 4.69) is 33.5 Å². The van der Waals surface area contributed by atoms with Crippen molar-refractivity contribution >= 4 is 22.8 Å². The monoisotopic (exact) mass is 413 g/mol. The van der Waals surface area contributed by atoms with E-state index in [4.69, 9.17) is 9.47 Å². The van der Waals surface area contributed by atoms with Gasteiger partial charge in [-0.15, -0.1) is 11.3 Å². The van der Waals surface area contributed by atoms with Crippen LogP contribution in [0.3, 0.4) is 0 Å². The van der Waals surface area contributed by atoms with Gasteiger partial charge in [-0.1, -0.05) is 0 Å². The number of pyridine rings is 1. The normalized spacial score (nSPS) is 16.4. The molecule has 29 heavy (non-hydrogen) atoms. The maximum Gasteiger partial charge on any atom is 0.338 e. The summed E-state index contributed by atoms with van der Waals surface area (Å²) in [6, 6.07) is 4.18. The van der Waals surface area contributed by atoms with Crippen molar-refractivity contribution in [1.82, 2.24) is 14.3 Å². The molecule has 0 radical (unpaired) electrons. The Kier molecular flexibility index (Phi) is 5.72. The number of fused-ring (bicyclic) bond motifs is 1. The number of nitrogens with zero attached hydrogens (tertiary/aromatic N) is 3. The van der Waals surface area contributed by atoms with Crippen molar-refractivity contribution in [3.8, 4) is 10.6 Å². The number of carbonyl (C=O) groups excluding carboxylic acids is 1. The van der Waals surface area contributed by atoms with Gasteiger partial charge in [0, 0.05) is 53.7 Å². The summed E-state index contributed by atoms with van der Waals surface area (Å²) in [6.07, 6.45) is 3.79. The summed E-state index contributed by atoms with van der Waals surface area (Å²) >= 11 is 1.61. The molecule has 1 aliphatic heterocycles. The highest BCUT2D eigenvalue weighted by atomic mass is 32.1. The molecule has 0 saturated carbocycles. The van der Waals surface area contributed by atoms with Gasteiger partial charge < -0.3 is 13.9 Å². The molecule has 4 heterocycles. The summed E-state index contributed by atoms with van der Waals surface area (Å²) in [6.45, 7) is 11.2. The molecule has 154 valence electrons. The minimum Gasteiger partial charge on any atom is -0.459 e. The molecule has 0 aromatic carbocycles. The predicted octanol–water partition coefficient (Wildman–Crippen LogP) is 4.33. The zero-order valence-electron chi connectivity index (χ0n) is 17.3. The molecular weight excluding hydrogens is 386 g/mol. The van der Waals surface area contributed by atoms with Crippen molar-refractivity contribution in [2.75, 3.05) is 26.3 Å². The van der Waals surface area contributed by atoms with Gasteiger partial charge in [0.25, 0.3) is 0 Å². The summed E-state index contributed by atoms with van der Waals surface area (Å²) < 4.78 is 13.3. The second-order valence-electron chi connectivity index (χ2n) is 7.71. The second kappa shape index (κ2) is 8.26. The number of carbonyl (C=O) groups is 1. The van der Waals surface area contributed by atoms with Crippen molar-refractivity contribution in [2.24, 2.45) is 0 Å². The third kappa shape index (κ3) is 3.95. The van der Waals surface area contributed by atoms with E-state index in [0.717, 1.165) is 53.6 Å². The number of esters is 1. The summed E-state index contributed by atoms with van der Waals surface area (Å²) in [5.74, 6) is -0.271. The first-order chi connectivity index (χ1) is 14.0. The lowest BCUT2D eigenvalue weighted by molar-refractivity contribution is 0.0186. The Labute approximate surface area is 175 Å². The van der Waals surface area contributed by atoms with Gasteiger partial charge in [0.05, 0.1) is 24.9 Å². The third-order valence-corrected chi connectivity index (χ3v) is 6.24. The zero-order valence-corrected chi connectivity index (χ0v) is 18.2. The topological polar surface area (TPSA) is 56.1 Å². The van der Waals surface area contributed by atoms with Crippen LogP contribution < -0.4 is 0 Å². The fourth-order valence-corrected chi connectivity index (χ4v) is 4.62. The van der Waals surface area contributed by atoms with E-state index in [1.54, 1.807) is 11.3 Å². The van der Waals surface area contributed by atoms with Crippen molar-refractivity contribution in [1.29, 1.82) is 0 Å². The van der Waals surface area contributed by atoms with Crippen LogP contribution in [0.25, 0.3) is 16.1 Å². The molecule has 0 aliphatic carbocycles. The van der Waals surface area contributed by atoms with E-state index in [-0.39, 0.29) is 18.1 Å². The number of hydrogen-bond acceptors (Lipinski definition) is 6. The van der Waals surface area contributed by atoms with E-state index in [0.29, 0.717) is 5.56 Å². The van der Waals surface area contributed by atoms with Crippen molar-refractivity contribution in [3.63, 3.8) is 0 Å². The lowest BCUT2D eigenvalue weighted by Gasteiger charge is -2.34. The number of thiazole rings is 1. The number of morpholine rings is 1. The first-order valence-electron chi connectivity index (χ1n) is 10.0. The molecule has 0 amide bonds. The average Bonchev–Trinajstić information content (AvgIpc) is 3.36. The van der Waals surface area contributed by atoms with Gasteiger partial charge in [0.2, 0.25) is 0 Å². The van der Waals surface area contributed by atoms with E-state index < -0.39 is 0 Å². The van der Waals surface area contributed by atoms with Crippen LogP contribution in [-0.2, 0) is 9.47 Å². The Morgan fingerprint density at radius 1 is 1.24 bits per heavy atom. The van der Waals surface area contributed by atoms with Crippen LogP contribution in [0, 0.1) is 6.92 Å². The molecule has 6 nitrogen and oxygen atoms in total. The van der Waals surface area contributed by atoms with Crippen LogP contribution in [-0.4, -0.2) is 52.7 Å². The first-order valence-corrected chi connectivity index (χ1v) is 10.9. The summed E-state index contributed by atoms with van der Waals surface area (Å²) in [5.41, 5.74) is 4.74. The highest BCUT2D eigenvalue weighted by Gasteiger charge is 2.26. The number of hydrogen-bond donors (Lipinski definition) is 0. The van der Waals surface area contributed by atoms with Crippen molar-refractivity contribution < 1.29 is 14.3 Å². The van der Waals surface area contributed by atoms with Crippen LogP contribution >= 0.6 is 11.3 Å². The molecule has 1 fully saturated rings. The Hall–Kier alpha value is -2.22. The average molecular weight is 414 g/mol. The summed E-state index contributed by atoms with van der Waals surface area (Å²) in [4.78, 5) is 19.7. The predicted molar refractivity (Wildman–Crippen MR) is 115 cm³/mol. The maximum atomic E-state index is 12.8. The molecule has 3 aromatic rings. The molecule has 1 atom stereocenters. The molecule has 0 bridgehead atoms. The molecule has 0 spiro atoms. The van der Waals surface area contributed by atoms with Crippen molar-refractivity contribution in [2.45, 2.75) is 39.8 Å². The molecule has 7 heteroatoms. The van der Waals surface area contributed by atoms with Crippen LogP contribution in [0.2, 0.25) is 0 Å². The fourth-order valence-electron chi connectivity index (χ4n) is 4.00. The highest BCUT2D eigenvalue weighted by molar-refractivity contribution is 7.13. The second-order valence-corrected chi connectivity index (χ2v) is 8.60. The van der Waals surface area contributed by atoms with Crippen molar-refractivity contribution in [3.05, 3.63) is 46.7 Å². The fraction of sp³-hybridized carbons (Fsp3) is 0.455. The molecule has 1 unspecified atom stereocenters. The van der Waals surface area contributed by atoms with Gasteiger partial charge in [-0.2, -0.15) is 0 Å². The number of ether oxygens (including phenoxy) is 2. The number of rotatable bonds is 5. The number of aromatic nitrogens is 2. The van der Waals surface area contributed by atoms with Gasteiger partial charge in [-0.25, -0.2) is 9.78 Å². The van der Waals surface area contributed by atoms with Crippen LogP contribution in [0.15, 0.2) is 29.9 Å². The Morgan fingerprint density at radius 3 is 2.66 bits per heavy atom. The van der Waals surface area contributed by atoms with E-state index in [1.165, 1.54) is 0 Å². The minimum absolute atomic E-state index is 0.143. The first kappa shape index (κ1) is 20.1. The Balaban J connectivity index is 1.86. The lowest BCUT2D eigenvalue weighted by atomic mass is 10.0. The Bertz CT molecular complexity index is 1000. The Morgan fingerprint density at radius 2 is 2.00 bits per heavy atom. The molecule has 4 rings (SSSR count). The summed E-state index contributed by atoms with van der Waals surface area (Å²) in [7, 11) is 0. The molecular formula is C22H27N3O3S. The third-order valence-electron chi connectivity index (χ3n) is 5.42. The van der Waals surface area contributed by atoms with Crippen LogP contribution in [0.1, 0.15) is 48.4 Å². The molecule has 0 N–H and O–H groups in total. The van der Waals surface area contributed by atoms with Gasteiger partial charge in [0.1, 0.15) is 5.01 Å². The zero-order chi connectivity index (χ0) is 20.5. The lowest BCUT2D eigenvalue weighted by Crippen LogP contribution is -2.39. The van der Waals surface area contributed by atoms with E-state index >= 15 is 0 Å². The highest BCUT2D eigenvalue weighted by Crippen LogP contribution is 2.32. The largest absolute Gasteiger partial charge is 0.459 e. The van der Waals surface area contributed by atoms with Gasteiger partial charge in [0.15, 0.2) is 0 Å². The minimum atomic E-state index is -0.271. The quantitative estimate of drug-likeness (QED) is 0.583. The maximum absolute atomic E-state index is 12.8. The van der Waals surface area contributed by atoms with E-state index in [9.17, 15) is 4.79 Å². The standard InChI is InChI=1S/C22H27N3O3S/c1-14(2)28-22(26)19-12-18-11-17(21-23-5-10-29-21)13-25(18)20(15(19)3)16(4)24-6-8-27-9-7-24/h5,10-14,16H,6-9H2,1-4H3. The summed E-state index contributed by atoms with van der Waals surface area (Å²) in [5, 5.41) is 2.95. The van der Waals surface area contributed by atoms with Gasteiger partial charge in [-0.05, 0) is 45.4 Å².